The van der Waals surface area contributed by atoms with Crippen molar-refractivity contribution in [2.75, 3.05) is 13.2 Å². The lowest BCUT2D eigenvalue weighted by molar-refractivity contribution is -0.146. The molecule has 0 saturated heterocycles. The molecule has 42 heavy (non-hydrogen) atoms. The van der Waals surface area contributed by atoms with Gasteiger partial charge in [0.1, 0.15) is 13.2 Å². The summed E-state index contributed by atoms with van der Waals surface area (Å²) < 4.78 is 150. The predicted molar refractivity (Wildman–Crippen MR) is 113 cm³/mol. The number of hydrogen-bond acceptors (Lipinski definition) is 8. The number of esters is 4. The van der Waals surface area contributed by atoms with E-state index < -0.39 is 132 Å². The van der Waals surface area contributed by atoms with Gasteiger partial charge in [-0.2, -0.15) is 17.6 Å². The van der Waals surface area contributed by atoms with E-state index in [0.717, 1.165) is 12.2 Å². The largest absolute Gasteiger partial charge is 0.461 e. The average Bonchev–Trinajstić information content (AvgIpc) is 2.96. The molecule has 0 bridgehead atoms. The van der Waals surface area contributed by atoms with Gasteiger partial charge >= 0.3 is 23.9 Å². The summed E-state index contributed by atoms with van der Waals surface area (Å²) in [6.45, 7) is -0.894. The lowest BCUT2D eigenvalue weighted by Crippen LogP contribution is -2.16. The fraction of sp³-hybridized carbons (Fsp3) is 0.250. The van der Waals surface area contributed by atoms with Crippen molar-refractivity contribution in [3.8, 4) is 11.5 Å². The van der Waals surface area contributed by atoms with Crippen molar-refractivity contribution in [3.63, 3.8) is 0 Å². The lowest BCUT2D eigenvalue weighted by atomic mass is 10.2. The molecule has 0 radical (unpaired) electrons. The van der Waals surface area contributed by atoms with Crippen LogP contribution >= 0.6 is 0 Å². The molecule has 8 nitrogen and oxygen atoms in total. The van der Waals surface area contributed by atoms with Crippen LogP contribution in [0.1, 0.15) is 25.7 Å². The van der Waals surface area contributed by atoms with Crippen LogP contribution in [0.3, 0.4) is 0 Å². The van der Waals surface area contributed by atoms with Crippen LogP contribution in [-0.2, 0) is 28.7 Å². The Labute approximate surface area is 227 Å². The van der Waals surface area contributed by atoms with E-state index in [9.17, 15) is 63.1 Å². The molecule has 0 aliphatic rings. The van der Waals surface area contributed by atoms with Gasteiger partial charge in [-0.1, -0.05) is 0 Å². The van der Waals surface area contributed by atoms with E-state index in [4.69, 9.17) is 0 Å². The summed E-state index contributed by atoms with van der Waals surface area (Å²) in [4.78, 5) is 46.4. The summed E-state index contributed by atoms with van der Waals surface area (Å²) in [7, 11) is 0. The maximum Gasteiger partial charge on any atom is 0.311 e. The minimum Gasteiger partial charge on any atom is -0.461 e. The molecular formula is C24H14F10O8. The summed E-state index contributed by atoms with van der Waals surface area (Å²) in [6, 6.07) is 0. The molecule has 2 rings (SSSR count). The van der Waals surface area contributed by atoms with E-state index in [1.165, 1.54) is 0 Å². The van der Waals surface area contributed by atoms with Crippen molar-refractivity contribution in [2.45, 2.75) is 25.7 Å². The number of benzene rings is 2. The van der Waals surface area contributed by atoms with Gasteiger partial charge in [0, 0.05) is 0 Å². The minimum atomic E-state index is -2.47. The maximum absolute atomic E-state index is 13.5. The van der Waals surface area contributed by atoms with Gasteiger partial charge in [-0.25, -0.2) is 26.3 Å². The second-order valence-electron chi connectivity index (χ2n) is 7.58. The van der Waals surface area contributed by atoms with Crippen molar-refractivity contribution >= 4 is 23.9 Å². The van der Waals surface area contributed by atoms with E-state index in [-0.39, 0.29) is 0 Å². The molecule has 0 amide bonds. The Bertz CT molecular complexity index is 1260. The fourth-order valence-corrected chi connectivity index (χ4v) is 2.65. The van der Waals surface area contributed by atoms with Gasteiger partial charge in [0.05, 0.1) is 25.7 Å². The molecule has 0 aromatic heterocycles. The molecule has 0 unspecified atom stereocenters. The first-order valence-electron chi connectivity index (χ1n) is 11.1. The molecule has 0 fully saturated rings. The highest BCUT2D eigenvalue weighted by Gasteiger charge is 2.30. The zero-order chi connectivity index (χ0) is 31.7. The Morgan fingerprint density at radius 3 is 0.929 bits per heavy atom. The normalized spacial score (nSPS) is 11.0. The number of carbonyl (C=O) groups excluding carboxylic acids is 4. The third-order valence-corrected chi connectivity index (χ3v) is 4.69. The van der Waals surface area contributed by atoms with Crippen LogP contribution in [0.2, 0.25) is 0 Å². The zero-order valence-corrected chi connectivity index (χ0v) is 20.4. The topological polar surface area (TPSA) is 105 Å². The Hall–Kier alpha value is -4.64. The summed E-state index contributed by atoms with van der Waals surface area (Å²) in [5.74, 6) is -32.7. The highest BCUT2D eigenvalue weighted by molar-refractivity contribution is 5.79. The highest BCUT2D eigenvalue weighted by atomic mass is 19.2. The molecule has 0 spiro atoms. The van der Waals surface area contributed by atoms with Gasteiger partial charge in [-0.15, -0.1) is 0 Å². The predicted octanol–water partition coefficient (Wildman–Crippen LogP) is 4.79. The molecule has 0 heterocycles. The number of hydrogen-bond donors (Lipinski definition) is 0. The molecule has 0 aliphatic carbocycles. The minimum absolute atomic E-state index is 0.447. The SMILES string of the molecule is O=C(CCC(=O)Oc1c(F)c(F)c(F)c(F)c1F)OCC=CCOC(=O)CCC(=O)Oc1c(F)c(F)c(F)c(F)c1F. The van der Waals surface area contributed by atoms with Crippen molar-refractivity contribution in [3.05, 3.63) is 70.3 Å². The smallest absolute Gasteiger partial charge is 0.311 e. The Morgan fingerprint density at radius 1 is 0.405 bits per heavy atom. The molecule has 2 aromatic rings. The van der Waals surface area contributed by atoms with E-state index in [0.29, 0.717) is 0 Å². The quantitative estimate of drug-likeness (QED) is 0.0834. The molecule has 0 saturated carbocycles. The molecule has 0 N–H and O–H groups in total. The van der Waals surface area contributed by atoms with Crippen LogP contribution in [0.4, 0.5) is 43.9 Å². The molecule has 228 valence electrons. The van der Waals surface area contributed by atoms with Gasteiger partial charge in [0.2, 0.25) is 69.7 Å². The highest BCUT2D eigenvalue weighted by Crippen LogP contribution is 2.30. The Morgan fingerprint density at radius 2 is 0.643 bits per heavy atom. The molecule has 0 aliphatic heterocycles. The van der Waals surface area contributed by atoms with E-state index in [1.807, 2.05) is 0 Å². The van der Waals surface area contributed by atoms with Crippen molar-refractivity contribution in [1.29, 1.82) is 0 Å². The Balaban J connectivity index is 1.67. The standard InChI is InChI=1S/C24H14F10O8/c25-13-15(27)19(31)23(20(32)16(13)28)41-11(37)5-3-9(35)39-7-1-2-8-40-10(36)4-6-12(38)42-24-21(33)17(29)14(26)18(30)22(24)34/h1-2H,3-8H2. The van der Waals surface area contributed by atoms with E-state index in [2.05, 4.69) is 18.9 Å². The van der Waals surface area contributed by atoms with Gasteiger partial charge in [-0.05, 0) is 12.2 Å². The first-order chi connectivity index (χ1) is 19.7. The first-order valence-corrected chi connectivity index (χ1v) is 11.1. The van der Waals surface area contributed by atoms with Gasteiger partial charge in [-0.3, -0.25) is 19.2 Å². The van der Waals surface area contributed by atoms with Crippen LogP contribution in [0.25, 0.3) is 0 Å². The third kappa shape index (κ3) is 8.43. The summed E-state index contributed by atoms with van der Waals surface area (Å²) in [5.41, 5.74) is 0. The van der Waals surface area contributed by atoms with E-state index >= 15 is 0 Å². The second-order valence-corrected chi connectivity index (χ2v) is 7.58. The van der Waals surface area contributed by atoms with Crippen molar-refractivity contribution in [1.82, 2.24) is 0 Å². The molecule has 0 atom stereocenters. The molecule has 18 heteroatoms. The first kappa shape index (κ1) is 33.6. The zero-order valence-electron chi connectivity index (χ0n) is 20.4. The third-order valence-electron chi connectivity index (χ3n) is 4.69. The van der Waals surface area contributed by atoms with Crippen LogP contribution in [0.15, 0.2) is 12.2 Å². The van der Waals surface area contributed by atoms with Gasteiger partial charge in [0.15, 0.2) is 0 Å². The van der Waals surface area contributed by atoms with Crippen molar-refractivity contribution < 1.29 is 82.0 Å². The lowest BCUT2D eigenvalue weighted by Gasteiger charge is -2.08. The average molecular weight is 620 g/mol. The van der Waals surface area contributed by atoms with Crippen molar-refractivity contribution in [2.24, 2.45) is 0 Å². The van der Waals surface area contributed by atoms with Crippen LogP contribution in [-0.4, -0.2) is 37.1 Å². The molecule has 2 aromatic carbocycles. The summed E-state index contributed by atoms with van der Waals surface area (Å²) >= 11 is 0. The number of halogens is 10. The Kier molecular flexibility index (Phi) is 11.9. The van der Waals surface area contributed by atoms with Crippen LogP contribution in [0, 0.1) is 58.2 Å². The van der Waals surface area contributed by atoms with E-state index in [1.54, 1.807) is 0 Å². The number of rotatable bonds is 12. The number of ether oxygens (including phenoxy) is 4. The van der Waals surface area contributed by atoms with Gasteiger partial charge in [0.25, 0.3) is 0 Å². The number of carbonyl (C=O) groups is 4. The van der Waals surface area contributed by atoms with Gasteiger partial charge < -0.3 is 18.9 Å². The summed E-state index contributed by atoms with van der Waals surface area (Å²) in [6.07, 6.45) is -0.916. The fourth-order valence-electron chi connectivity index (χ4n) is 2.65. The monoisotopic (exact) mass is 620 g/mol. The second kappa shape index (κ2) is 14.8. The van der Waals surface area contributed by atoms with Crippen LogP contribution < -0.4 is 9.47 Å². The molecular weight excluding hydrogens is 606 g/mol. The summed E-state index contributed by atoms with van der Waals surface area (Å²) in [5, 5.41) is 0. The maximum atomic E-state index is 13.5. The van der Waals surface area contributed by atoms with Crippen LogP contribution in [0.5, 0.6) is 11.5 Å².